The van der Waals surface area contributed by atoms with E-state index < -0.39 is 0 Å². The van der Waals surface area contributed by atoms with E-state index in [0.29, 0.717) is 19.7 Å². The summed E-state index contributed by atoms with van der Waals surface area (Å²) in [7, 11) is 0. The van der Waals surface area contributed by atoms with Gasteiger partial charge in [-0.15, -0.1) is 5.10 Å². The zero-order valence-corrected chi connectivity index (χ0v) is 11.2. The first-order valence-electron chi connectivity index (χ1n) is 6.63. The van der Waals surface area contributed by atoms with Crippen molar-refractivity contribution < 1.29 is 4.74 Å². The van der Waals surface area contributed by atoms with Crippen LogP contribution in [0.3, 0.4) is 0 Å². The summed E-state index contributed by atoms with van der Waals surface area (Å²) in [6, 6.07) is 8.00. The Morgan fingerprint density at radius 1 is 1.32 bits per heavy atom. The van der Waals surface area contributed by atoms with Crippen molar-refractivity contribution in [3.05, 3.63) is 41.7 Å². The number of nitrogens with two attached hydrogens (primary N) is 1. The molecule has 0 saturated carbocycles. The maximum Gasteiger partial charge on any atom is 0.124 e. The van der Waals surface area contributed by atoms with Gasteiger partial charge in [0.25, 0.3) is 0 Å². The average Bonchev–Trinajstić information content (AvgIpc) is 2.87. The highest BCUT2D eigenvalue weighted by Gasteiger charge is 2.05. The molecular weight excluding hydrogens is 240 g/mol. The highest BCUT2D eigenvalue weighted by Crippen LogP contribution is 2.18. The normalized spacial score (nSPS) is 10.6. The molecule has 0 unspecified atom stereocenters. The van der Waals surface area contributed by atoms with Gasteiger partial charge in [0.15, 0.2) is 0 Å². The van der Waals surface area contributed by atoms with Crippen molar-refractivity contribution in [2.45, 2.75) is 26.3 Å². The topological polar surface area (TPSA) is 66.0 Å². The zero-order valence-electron chi connectivity index (χ0n) is 11.2. The molecule has 5 nitrogen and oxygen atoms in total. The largest absolute Gasteiger partial charge is 0.494 e. The highest BCUT2D eigenvalue weighted by molar-refractivity contribution is 5.33. The molecule has 0 atom stereocenters. The molecule has 1 aromatic heterocycles. The lowest BCUT2D eigenvalue weighted by Gasteiger charge is -2.09. The second-order valence-corrected chi connectivity index (χ2v) is 4.34. The summed E-state index contributed by atoms with van der Waals surface area (Å²) < 4.78 is 7.44. The van der Waals surface area contributed by atoms with E-state index in [2.05, 4.69) is 10.3 Å². The molecule has 0 aliphatic carbocycles. The smallest absolute Gasteiger partial charge is 0.124 e. The van der Waals surface area contributed by atoms with Crippen LogP contribution < -0.4 is 10.5 Å². The summed E-state index contributed by atoms with van der Waals surface area (Å²) in [6.45, 7) is 4.00. The van der Waals surface area contributed by atoms with Crippen molar-refractivity contribution in [3.63, 3.8) is 0 Å². The number of hydrogen-bond donors (Lipinski definition) is 1. The lowest BCUT2D eigenvalue weighted by molar-refractivity contribution is 0.335. The Morgan fingerprint density at radius 2 is 2.16 bits per heavy atom. The number of benzene rings is 1. The van der Waals surface area contributed by atoms with Crippen LogP contribution in [0.25, 0.3) is 0 Å². The fourth-order valence-electron chi connectivity index (χ4n) is 1.92. The maximum atomic E-state index is 5.60. The quantitative estimate of drug-likeness (QED) is 0.821. The fourth-order valence-corrected chi connectivity index (χ4v) is 1.92. The van der Waals surface area contributed by atoms with E-state index in [-0.39, 0.29) is 0 Å². The molecule has 0 saturated heterocycles. The summed E-state index contributed by atoms with van der Waals surface area (Å²) in [5.74, 6) is 0.906. The molecule has 5 heteroatoms. The first kappa shape index (κ1) is 13.5. The van der Waals surface area contributed by atoms with E-state index in [1.165, 1.54) is 0 Å². The lowest BCUT2D eigenvalue weighted by atomic mass is 10.2. The van der Waals surface area contributed by atoms with Crippen molar-refractivity contribution >= 4 is 0 Å². The number of ether oxygens (including phenoxy) is 1. The van der Waals surface area contributed by atoms with Crippen LogP contribution in [0.4, 0.5) is 0 Å². The minimum atomic E-state index is 0.663. The molecule has 0 bridgehead atoms. The molecule has 1 aromatic carbocycles. The monoisotopic (exact) mass is 260 g/mol. The van der Waals surface area contributed by atoms with E-state index in [0.717, 1.165) is 29.8 Å². The molecule has 2 N–H and O–H groups in total. The molecule has 2 rings (SSSR count). The van der Waals surface area contributed by atoms with Gasteiger partial charge in [0, 0.05) is 11.8 Å². The number of aromatic nitrogens is 3. The Kier molecular flexibility index (Phi) is 4.92. The van der Waals surface area contributed by atoms with Crippen LogP contribution in [0.1, 0.15) is 24.6 Å². The Labute approximate surface area is 113 Å². The number of nitrogens with zero attached hydrogens (tertiary/aromatic N) is 3. The molecule has 1 heterocycles. The second kappa shape index (κ2) is 6.89. The minimum absolute atomic E-state index is 0.663. The first-order chi connectivity index (χ1) is 9.33. The van der Waals surface area contributed by atoms with Gasteiger partial charge in [-0.1, -0.05) is 23.4 Å². The summed E-state index contributed by atoms with van der Waals surface area (Å²) in [4.78, 5) is 0. The standard InChI is InChI=1S/C14H20N4O/c1-2-19-14-8-4-3-6-12(14)10-18-11-13(16-17-18)7-5-9-15/h3-4,6,8,11H,2,5,7,9-10,15H2,1H3. The molecule has 2 aromatic rings. The van der Waals surface area contributed by atoms with E-state index in [1.54, 1.807) is 0 Å². The van der Waals surface area contributed by atoms with Crippen molar-refractivity contribution in [1.29, 1.82) is 0 Å². The zero-order chi connectivity index (χ0) is 13.5. The Balaban J connectivity index is 2.06. The van der Waals surface area contributed by atoms with Crippen molar-refractivity contribution in [1.82, 2.24) is 15.0 Å². The van der Waals surface area contributed by atoms with Crippen LogP contribution in [-0.2, 0) is 13.0 Å². The first-order valence-corrected chi connectivity index (χ1v) is 6.63. The summed E-state index contributed by atoms with van der Waals surface area (Å²) in [5, 5.41) is 8.28. The summed E-state index contributed by atoms with van der Waals surface area (Å²) in [6.07, 6.45) is 3.79. The third-order valence-electron chi connectivity index (χ3n) is 2.83. The van der Waals surface area contributed by atoms with Crippen LogP contribution in [0, 0.1) is 0 Å². The molecular formula is C14H20N4O. The number of para-hydroxylation sites is 1. The van der Waals surface area contributed by atoms with Crippen molar-refractivity contribution in [2.24, 2.45) is 5.73 Å². The van der Waals surface area contributed by atoms with Gasteiger partial charge >= 0.3 is 0 Å². The molecule has 0 amide bonds. The van der Waals surface area contributed by atoms with Crippen LogP contribution in [0.2, 0.25) is 0 Å². The Bertz CT molecular complexity index is 510. The van der Waals surface area contributed by atoms with Gasteiger partial charge in [-0.2, -0.15) is 0 Å². The van der Waals surface area contributed by atoms with E-state index >= 15 is 0 Å². The summed E-state index contributed by atoms with van der Waals surface area (Å²) >= 11 is 0. The van der Waals surface area contributed by atoms with Crippen molar-refractivity contribution in [3.8, 4) is 5.75 Å². The predicted molar refractivity (Wildman–Crippen MR) is 74.1 cm³/mol. The third-order valence-corrected chi connectivity index (χ3v) is 2.83. The highest BCUT2D eigenvalue weighted by atomic mass is 16.5. The maximum absolute atomic E-state index is 5.60. The minimum Gasteiger partial charge on any atom is -0.494 e. The van der Waals surface area contributed by atoms with E-state index in [1.807, 2.05) is 42.1 Å². The van der Waals surface area contributed by atoms with Gasteiger partial charge in [0.2, 0.25) is 0 Å². The van der Waals surface area contributed by atoms with Gasteiger partial charge < -0.3 is 10.5 Å². The van der Waals surface area contributed by atoms with Crippen LogP contribution >= 0.6 is 0 Å². The molecule has 0 fully saturated rings. The van der Waals surface area contributed by atoms with Crippen molar-refractivity contribution in [2.75, 3.05) is 13.2 Å². The molecule has 0 radical (unpaired) electrons. The molecule has 102 valence electrons. The number of rotatable bonds is 7. The van der Waals surface area contributed by atoms with Crippen LogP contribution in [0.15, 0.2) is 30.5 Å². The van der Waals surface area contributed by atoms with E-state index in [4.69, 9.17) is 10.5 Å². The van der Waals surface area contributed by atoms with Gasteiger partial charge in [0.1, 0.15) is 5.75 Å². The van der Waals surface area contributed by atoms with E-state index in [9.17, 15) is 0 Å². The SMILES string of the molecule is CCOc1ccccc1Cn1cc(CCCN)nn1. The predicted octanol–water partition coefficient (Wildman–Crippen LogP) is 1.62. The molecule has 0 aliphatic rings. The fraction of sp³-hybridized carbons (Fsp3) is 0.429. The third kappa shape index (κ3) is 3.79. The van der Waals surface area contributed by atoms with Gasteiger partial charge in [-0.3, -0.25) is 0 Å². The molecule has 19 heavy (non-hydrogen) atoms. The summed E-state index contributed by atoms with van der Waals surface area (Å²) in [5.41, 5.74) is 7.58. The average molecular weight is 260 g/mol. The number of aryl methyl sites for hydroxylation is 1. The Hall–Kier alpha value is -1.88. The van der Waals surface area contributed by atoms with Crippen LogP contribution in [-0.4, -0.2) is 28.1 Å². The Morgan fingerprint density at radius 3 is 2.95 bits per heavy atom. The van der Waals surface area contributed by atoms with Crippen LogP contribution in [0.5, 0.6) is 5.75 Å². The van der Waals surface area contributed by atoms with Gasteiger partial charge in [0.05, 0.1) is 18.8 Å². The molecule has 0 aliphatic heterocycles. The molecule has 0 spiro atoms. The number of hydrogen-bond acceptors (Lipinski definition) is 4. The van der Waals surface area contributed by atoms with Gasteiger partial charge in [-0.05, 0) is 32.4 Å². The van der Waals surface area contributed by atoms with Gasteiger partial charge in [-0.25, -0.2) is 4.68 Å². The second-order valence-electron chi connectivity index (χ2n) is 4.34. The lowest BCUT2D eigenvalue weighted by Crippen LogP contribution is -2.03.